The second kappa shape index (κ2) is 5.02. The molecule has 18 heavy (non-hydrogen) atoms. The molecule has 0 aliphatic heterocycles. The maximum absolute atomic E-state index is 12.4. The Hall–Kier alpha value is -0.870. The molecule has 1 aromatic carbocycles. The normalized spacial score (nSPS) is 18.4. The van der Waals surface area contributed by atoms with Gasteiger partial charge in [-0.15, -0.1) is 0 Å². The molecule has 2 rings (SSSR count). The van der Waals surface area contributed by atoms with Crippen LogP contribution in [-0.2, 0) is 22.7 Å². The van der Waals surface area contributed by atoms with Crippen molar-refractivity contribution in [1.82, 2.24) is 0 Å². The molecule has 0 fully saturated rings. The molecule has 0 radical (unpaired) electrons. The maximum atomic E-state index is 12.4. The molecule has 0 saturated carbocycles. The Morgan fingerprint density at radius 2 is 1.89 bits per heavy atom. The molecule has 0 bridgehead atoms. The number of nitrogens with two attached hydrogens (primary N) is 1. The molecule has 0 aromatic heterocycles. The zero-order valence-corrected chi connectivity index (χ0v) is 11.8. The third kappa shape index (κ3) is 2.59. The molecule has 1 aliphatic carbocycles. The summed E-state index contributed by atoms with van der Waals surface area (Å²) in [4.78, 5) is 0.455. The third-order valence-corrected chi connectivity index (χ3v) is 5.79. The van der Waals surface area contributed by atoms with Gasteiger partial charge in [0.15, 0.2) is 9.84 Å². The van der Waals surface area contributed by atoms with Crippen LogP contribution in [0.25, 0.3) is 0 Å². The smallest absolute Gasteiger partial charge is 0.181 e. The van der Waals surface area contributed by atoms with Gasteiger partial charge in [-0.3, -0.25) is 0 Å². The topological polar surface area (TPSA) is 60.2 Å². The zero-order valence-electron chi connectivity index (χ0n) is 11.0. The SMILES string of the molecule is CC(N)CC(C)S(=O)(=O)c1ccc2c(c1)CCC2. The lowest BCUT2D eigenvalue weighted by molar-refractivity contribution is 0.563. The number of hydrogen-bond acceptors (Lipinski definition) is 3. The van der Waals surface area contributed by atoms with Crippen molar-refractivity contribution in [3.63, 3.8) is 0 Å². The van der Waals surface area contributed by atoms with E-state index in [1.54, 1.807) is 13.0 Å². The fourth-order valence-electron chi connectivity index (χ4n) is 2.61. The van der Waals surface area contributed by atoms with E-state index in [0.717, 1.165) is 19.3 Å². The Morgan fingerprint density at radius 3 is 2.56 bits per heavy atom. The van der Waals surface area contributed by atoms with Crippen LogP contribution >= 0.6 is 0 Å². The van der Waals surface area contributed by atoms with Gasteiger partial charge >= 0.3 is 0 Å². The van der Waals surface area contributed by atoms with Crippen LogP contribution in [0.4, 0.5) is 0 Å². The van der Waals surface area contributed by atoms with E-state index in [1.165, 1.54) is 11.1 Å². The molecular formula is C14H21NO2S. The van der Waals surface area contributed by atoms with Crippen molar-refractivity contribution in [1.29, 1.82) is 0 Å². The van der Waals surface area contributed by atoms with Crippen LogP contribution in [0.2, 0.25) is 0 Å². The van der Waals surface area contributed by atoms with Gasteiger partial charge in [-0.25, -0.2) is 8.42 Å². The molecule has 4 heteroatoms. The summed E-state index contributed by atoms with van der Waals surface area (Å²) in [5.41, 5.74) is 8.19. The summed E-state index contributed by atoms with van der Waals surface area (Å²) in [7, 11) is -3.24. The Kier molecular flexibility index (Phi) is 3.78. The molecule has 0 amide bonds. The molecule has 2 N–H and O–H groups in total. The van der Waals surface area contributed by atoms with E-state index in [4.69, 9.17) is 5.73 Å². The number of fused-ring (bicyclic) bond motifs is 1. The van der Waals surface area contributed by atoms with Crippen molar-refractivity contribution in [3.05, 3.63) is 29.3 Å². The van der Waals surface area contributed by atoms with E-state index in [9.17, 15) is 8.42 Å². The number of rotatable bonds is 4. The van der Waals surface area contributed by atoms with Gasteiger partial charge in [0.1, 0.15) is 0 Å². The zero-order chi connectivity index (χ0) is 13.3. The van der Waals surface area contributed by atoms with E-state index >= 15 is 0 Å². The summed E-state index contributed by atoms with van der Waals surface area (Å²) in [5.74, 6) is 0. The molecule has 0 spiro atoms. The summed E-state index contributed by atoms with van der Waals surface area (Å²) < 4.78 is 24.8. The van der Waals surface area contributed by atoms with Crippen molar-refractivity contribution in [2.24, 2.45) is 5.73 Å². The van der Waals surface area contributed by atoms with Gasteiger partial charge in [0.05, 0.1) is 10.1 Å². The van der Waals surface area contributed by atoms with Gasteiger partial charge in [-0.1, -0.05) is 6.07 Å². The summed E-state index contributed by atoms with van der Waals surface area (Å²) >= 11 is 0. The van der Waals surface area contributed by atoms with Crippen LogP contribution in [0.15, 0.2) is 23.1 Å². The van der Waals surface area contributed by atoms with Crippen LogP contribution in [0.3, 0.4) is 0 Å². The first kappa shape index (κ1) is 13.6. The number of hydrogen-bond donors (Lipinski definition) is 1. The van der Waals surface area contributed by atoms with Gasteiger partial charge in [0.2, 0.25) is 0 Å². The summed E-state index contributed by atoms with van der Waals surface area (Å²) in [6, 6.07) is 5.48. The number of aryl methyl sites for hydroxylation is 2. The lowest BCUT2D eigenvalue weighted by Gasteiger charge is -2.15. The van der Waals surface area contributed by atoms with E-state index < -0.39 is 15.1 Å². The van der Waals surface area contributed by atoms with Crippen LogP contribution in [0, 0.1) is 0 Å². The average Bonchev–Trinajstić information content (AvgIpc) is 2.74. The Labute approximate surface area is 109 Å². The highest BCUT2D eigenvalue weighted by Gasteiger charge is 2.25. The van der Waals surface area contributed by atoms with Crippen LogP contribution < -0.4 is 5.73 Å². The minimum atomic E-state index is -3.24. The van der Waals surface area contributed by atoms with Gasteiger partial charge in [-0.05, 0) is 62.8 Å². The first-order chi connectivity index (χ1) is 8.41. The summed E-state index contributed by atoms with van der Waals surface area (Å²) in [6.45, 7) is 3.58. The molecule has 1 aliphatic rings. The molecule has 0 heterocycles. The second-order valence-electron chi connectivity index (χ2n) is 5.35. The van der Waals surface area contributed by atoms with Crippen molar-refractivity contribution in [3.8, 4) is 0 Å². The van der Waals surface area contributed by atoms with Gasteiger partial charge in [-0.2, -0.15) is 0 Å². The quantitative estimate of drug-likeness (QED) is 0.908. The highest BCUT2D eigenvalue weighted by molar-refractivity contribution is 7.92. The number of sulfone groups is 1. The fraction of sp³-hybridized carbons (Fsp3) is 0.571. The number of benzene rings is 1. The minimum Gasteiger partial charge on any atom is -0.328 e. The van der Waals surface area contributed by atoms with Crippen LogP contribution in [0.5, 0.6) is 0 Å². The fourth-order valence-corrected chi connectivity index (χ4v) is 4.19. The van der Waals surface area contributed by atoms with Gasteiger partial charge in [0, 0.05) is 6.04 Å². The highest BCUT2D eigenvalue weighted by Crippen LogP contribution is 2.27. The third-order valence-electron chi connectivity index (χ3n) is 3.63. The molecule has 3 nitrogen and oxygen atoms in total. The summed E-state index contributed by atoms with van der Waals surface area (Å²) in [6.07, 6.45) is 3.71. The minimum absolute atomic E-state index is 0.0933. The lowest BCUT2D eigenvalue weighted by atomic mass is 10.1. The second-order valence-corrected chi connectivity index (χ2v) is 7.72. The van der Waals surface area contributed by atoms with Crippen molar-refractivity contribution < 1.29 is 8.42 Å². The highest BCUT2D eigenvalue weighted by atomic mass is 32.2. The van der Waals surface area contributed by atoms with Crippen LogP contribution in [-0.4, -0.2) is 19.7 Å². The van der Waals surface area contributed by atoms with Crippen molar-refractivity contribution in [2.75, 3.05) is 0 Å². The summed E-state index contributed by atoms with van der Waals surface area (Å²) in [5, 5.41) is -0.419. The molecule has 1 aromatic rings. The van der Waals surface area contributed by atoms with Crippen molar-refractivity contribution in [2.45, 2.75) is 55.7 Å². The van der Waals surface area contributed by atoms with Gasteiger partial charge in [0.25, 0.3) is 0 Å². The van der Waals surface area contributed by atoms with E-state index in [-0.39, 0.29) is 6.04 Å². The first-order valence-corrected chi connectivity index (χ1v) is 8.07. The molecule has 0 saturated heterocycles. The maximum Gasteiger partial charge on any atom is 0.181 e. The van der Waals surface area contributed by atoms with Crippen molar-refractivity contribution >= 4 is 9.84 Å². The monoisotopic (exact) mass is 267 g/mol. The molecule has 2 unspecified atom stereocenters. The van der Waals surface area contributed by atoms with E-state index in [0.29, 0.717) is 11.3 Å². The van der Waals surface area contributed by atoms with Crippen LogP contribution in [0.1, 0.15) is 37.8 Å². The Balaban J connectivity index is 2.30. The molecule has 2 atom stereocenters. The Morgan fingerprint density at radius 1 is 1.22 bits per heavy atom. The molecular weight excluding hydrogens is 246 g/mol. The first-order valence-electron chi connectivity index (χ1n) is 6.52. The van der Waals surface area contributed by atoms with E-state index in [2.05, 4.69) is 0 Å². The Bertz CT molecular complexity index is 535. The van der Waals surface area contributed by atoms with E-state index in [1.807, 2.05) is 19.1 Å². The standard InChI is InChI=1S/C14H21NO2S/c1-10(15)8-11(2)18(16,17)14-7-6-12-4-3-5-13(12)9-14/h6-7,9-11H,3-5,8,15H2,1-2H3. The lowest BCUT2D eigenvalue weighted by Crippen LogP contribution is -2.27. The molecule has 100 valence electrons. The largest absolute Gasteiger partial charge is 0.328 e. The van der Waals surface area contributed by atoms with Gasteiger partial charge < -0.3 is 5.73 Å². The average molecular weight is 267 g/mol. The predicted molar refractivity (Wildman–Crippen MR) is 73.4 cm³/mol. The predicted octanol–water partition coefficient (Wildman–Crippen LogP) is 2.07.